The molecule has 0 bridgehead atoms. The molecular weight excluding hydrogens is 396 g/mol. The van der Waals surface area contributed by atoms with Crippen LogP contribution in [0.2, 0.25) is 0 Å². The highest BCUT2D eigenvalue weighted by Gasteiger charge is 2.22. The molecule has 1 heterocycles. The number of thioether (sulfide) groups is 1. The van der Waals surface area contributed by atoms with Crippen LogP contribution in [0.3, 0.4) is 0 Å². The van der Waals surface area contributed by atoms with Crippen molar-refractivity contribution in [3.8, 4) is 5.75 Å². The van der Waals surface area contributed by atoms with E-state index in [0.717, 1.165) is 22.9 Å². The minimum Gasteiger partial charge on any atom is -0.497 e. The lowest BCUT2D eigenvalue weighted by atomic mass is 10.1. The summed E-state index contributed by atoms with van der Waals surface area (Å²) in [6.07, 6.45) is 0. The van der Waals surface area contributed by atoms with Gasteiger partial charge in [0.25, 0.3) is 5.91 Å². The lowest BCUT2D eigenvalue weighted by molar-refractivity contribution is 0.0955. The van der Waals surface area contributed by atoms with Gasteiger partial charge < -0.3 is 4.74 Å². The van der Waals surface area contributed by atoms with Gasteiger partial charge in [-0.2, -0.15) is 0 Å². The summed E-state index contributed by atoms with van der Waals surface area (Å²) in [5, 5.41) is 0.157. The minimum absolute atomic E-state index is 0.171. The van der Waals surface area contributed by atoms with Crippen LogP contribution in [0.4, 0.5) is 0 Å². The molecule has 0 aliphatic carbocycles. The third kappa shape index (κ3) is 3.86. The molecule has 0 amide bonds. The van der Waals surface area contributed by atoms with E-state index in [1.807, 2.05) is 38.1 Å². The number of fused-ring (bicyclic) bond motifs is 1. The smallest absolute Gasteiger partial charge is 0.264 e. The van der Waals surface area contributed by atoms with Crippen molar-refractivity contribution in [3.63, 3.8) is 0 Å². The summed E-state index contributed by atoms with van der Waals surface area (Å²) in [6, 6.07) is 20.0. The normalized spacial score (nSPS) is 10.9. The number of methoxy groups -OCH3 is 1. The molecule has 4 rings (SSSR count). The van der Waals surface area contributed by atoms with Gasteiger partial charge in [0.15, 0.2) is 5.16 Å². The first kappa shape index (κ1) is 19.9. The van der Waals surface area contributed by atoms with Crippen molar-refractivity contribution in [2.45, 2.75) is 19.0 Å². The molecule has 5 nitrogen and oxygen atoms in total. The average Bonchev–Trinajstić information content (AvgIpc) is 3.10. The molecule has 0 unspecified atom stereocenters. The summed E-state index contributed by atoms with van der Waals surface area (Å²) < 4.78 is 6.81. The molecule has 4 aromatic rings. The molecule has 0 radical (unpaired) electrons. The molecule has 0 N–H and O–H groups in total. The quantitative estimate of drug-likeness (QED) is 0.424. The molecule has 3 aromatic carbocycles. The SMILES string of the molecule is COc1ccc2nc(SC(=O)c3ccc(C)cc3)n(C(=O)c3ccc(C)cc3)c2c1. The Morgan fingerprint density at radius 2 is 1.47 bits per heavy atom. The van der Waals surface area contributed by atoms with Crippen LogP contribution in [0.1, 0.15) is 31.8 Å². The highest BCUT2D eigenvalue weighted by molar-refractivity contribution is 8.14. The second kappa shape index (κ2) is 8.16. The fourth-order valence-electron chi connectivity index (χ4n) is 3.08. The fourth-order valence-corrected chi connectivity index (χ4v) is 3.92. The number of carbonyl (C=O) groups excluding carboxylic acids is 2. The van der Waals surface area contributed by atoms with E-state index in [0.29, 0.717) is 33.1 Å². The first-order valence-electron chi connectivity index (χ1n) is 9.43. The Morgan fingerprint density at radius 3 is 2.07 bits per heavy atom. The molecule has 0 aliphatic rings. The molecule has 1 aromatic heterocycles. The lowest BCUT2D eigenvalue weighted by Gasteiger charge is -2.08. The largest absolute Gasteiger partial charge is 0.497 e. The zero-order chi connectivity index (χ0) is 21.3. The molecule has 0 spiro atoms. The third-order valence-corrected chi connectivity index (χ3v) is 5.68. The van der Waals surface area contributed by atoms with E-state index in [-0.39, 0.29) is 11.0 Å². The predicted molar refractivity (Wildman–Crippen MR) is 119 cm³/mol. The van der Waals surface area contributed by atoms with Crippen LogP contribution in [-0.4, -0.2) is 27.7 Å². The Balaban J connectivity index is 1.81. The van der Waals surface area contributed by atoms with Crippen molar-refractivity contribution in [1.29, 1.82) is 0 Å². The van der Waals surface area contributed by atoms with Gasteiger partial charge in [0.2, 0.25) is 5.12 Å². The molecule has 0 saturated carbocycles. The summed E-state index contributed by atoms with van der Waals surface area (Å²) in [6.45, 7) is 3.93. The van der Waals surface area contributed by atoms with E-state index < -0.39 is 0 Å². The van der Waals surface area contributed by atoms with E-state index in [1.165, 1.54) is 4.57 Å². The van der Waals surface area contributed by atoms with Crippen molar-refractivity contribution in [1.82, 2.24) is 9.55 Å². The summed E-state index contributed by atoms with van der Waals surface area (Å²) >= 11 is 0.946. The number of hydrogen-bond acceptors (Lipinski definition) is 5. The van der Waals surface area contributed by atoms with Gasteiger partial charge in [0.05, 0.1) is 18.1 Å². The predicted octanol–water partition coefficient (Wildman–Crippen LogP) is 5.28. The number of aryl methyl sites for hydroxylation is 2. The van der Waals surface area contributed by atoms with E-state index >= 15 is 0 Å². The van der Waals surface area contributed by atoms with Crippen molar-refractivity contribution >= 4 is 33.8 Å². The number of nitrogens with zero attached hydrogens (tertiary/aromatic N) is 2. The van der Waals surface area contributed by atoms with Gasteiger partial charge >= 0.3 is 0 Å². The molecule has 6 heteroatoms. The Morgan fingerprint density at radius 1 is 0.867 bits per heavy atom. The minimum atomic E-state index is -0.245. The standard InChI is InChI=1S/C24H20N2O3S/c1-15-4-8-17(9-5-15)22(27)26-21-14-19(29-3)12-13-20(21)25-24(26)30-23(28)18-10-6-16(2)7-11-18/h4-14H,1-3H3. The highest BCUT2D eigenvalue weighted by Crippen LogP contribution is 2.30. The van der Waals surface area contributed by atoms with Crippen molar-refractivity contribution in [3.05, 3.63) is 89.0 Å². The fraction of sp³-hybridized carbons (Fsp3) is 0.125. The van der Waals surface area contributed by atoms with Crippen LogP contribution in [-0.2, 0) is 0 Å². The van der Waals surface area contributed by atoms with E-state index in [4.69, 9.17) is 4.74 Å². The van der Waals surface area contributed by atoms with Crippen molar-refractivity contribution in [2.75, 3.05) is 7.11 Å². The Bertz CT molecular complexity index is 1240. The van der Waals surface area contributed by atoms with Gasteiger partial charge in [-0.05, 0) is 49.9 Å². The van der Waals surface area contributed by atoms with Crippen molar-refractivity contribution in [2.24, 2.45) is 0 Å². The number of aromatic nitrogens is 2. The summed E-state index contributed by atoms with van der Waals surface area (Å²) in [7, 11) is 1.57. The molecular formula is C24H20N2O3S. The maximum atomic E-state index is 13.4. The monoisotopic (exact) mass is 416 g/mol. The zero-order valence-electron chi connectivity index (χ0n) is 16.9. The van der Waals surface area contributed by atoms with Crippen LogP contribution in [0.25, 0.3) is 11.0 Å². The van der Waals surface area contributed by atoms with E-state index in [2.05, 4.69) is 4.98 Å². The molecule has 0 saturated heterocycles. The lowest BCUT2D eigenvalue weighted by Crippen LogP contribution is -2.14. The second-order valence-electron chi connectivity index (χ2n) is 7.01. The molecule has 0 fully saturated rings. The Hall–Kier alpha value is -3.38. The van der Waals surface area contributed by atoms with Gasteiger partial charge in [-0.1, -0.05) is 47.5 Å². The number of carbonyl (C=O) groups is 2. The van der Waals surface area contributed by atoms with Crippen LogP contribution in [0.5, 0.6) is 5.75 Å². The highest BCUT2D eigenvalue weighted by atomic mass is 32.2. The van der Waals surface area contributed by atoms with E-state index in [1.54, 1.807) is 49.6 Å². The summed E-state index contributed by atoms with van der Waals surface area (Å²) in [5.74, 6) is 0.367. The second-order valence-corrected chi connectivity index (χ2v) is 7.95. The zero-order valence-corrected chi connectivity index (χ0v) is 17.7. The Labute approximate surface area is 178 Å². The molecule has 0 aliphatic heterocycles. The number of imidazole rings is 1. The average molecular weight is 417 g/mol. The first-order valence-corrected chi connectivity index (χ1v) is 10.2. The molecule has 30 heavy (non-hydrogen) atoms. The topological polar surface area (TPSA) is 61.2 Å². The number of rotatable bonds is 4. The van der Waals surface area contributed by atoms with Crippen LogP contribution in [0, 0.1) is 13.8 Å². The third-order valence-electron chi connectivity index (χ3n) is 4.80. The molecule has 0 atom stereocenters. The summed E-state index contributed by atoms with van der Waals surface area (Å²) in [5.41, 5.74) is 4.44. The maximum absolute atomic E-state index is 13.4. The maximum Gasteiger partial charge on any atom is 0.264 e. The van der Waals surface area contributed by atoms with Crippen LogP contribution < -0.4 is 4.74 Å². The number of hydrogen-bond donors (Lipinski definition) is 0. The first-order chi connectivity index (χ1) is 14.5. The van der Waals surface area contributed by atoms with Gasteiger partial charge in [-0.25, -0.2) is 4.98 Å². The van der Waals surface area contributed by atoms with Crippen LogP contribution in [0.15, 0.2) is 71.9 Å². The summed E-state index contributed by atoms with van der Waals surface area (Å²) in [4.78, 5) is 30.8. The van der Waals surface area contributed by atoms with Gasteiger partial charge in [0, 0.05) is 17.2 Å². The molecule has 150 valence electrons. The van der Waals surface area contributed by atoms with Gasteiger partial charge in [0.1, 0.15) is 5.75 Å². The van der Waals surface area contributed by atoms with Gasteiger partial charge in [-0.15, -0.1) is 0 Å². The number of ether oxygens (including phenoxy) is 1. The van der Waals surface area contributed by atoms with E-state index in [9.17, 15) is 9.59 Å². The number of benzene rings is 3. The van der Waals surface area contributed by atoms with Gasteiger partial charge in [-0.3, -0.25) is 14.2 Å². The van der Waals surface area contributed by atoms with Crippen molar-refractivity contribution < 1.29 is 14.3 Å². The van der Waals surface area contributed by atoms with Crippen LogP contribution >= 0.6 is 11.8 Å². The Kier molecular flexibility index (Phi) is 5.42.